The van der Waals surface area contributed by atoms with Gasteiger partial charge in [-0.3, -0.25) is 4.39 Å². The molecule has 0 aliphatic heterocycles. The maximum absolute atomic E-state index is 12.2. The van der Waals surface area contributed by atoms with E-state index in [1.54, 1.807) is 6.07 Å². The van der Waals surface area contributed by atoms with Crippen LogP contribution in [0.25, 0.3) is 0 Å². The van der Waals surface area contributed by atoms with Gasteiger partial charge in [-0.2, -0.15) is 12.1 Å². The molecule has 0 saturated carbocycles. The van der Waals surface area contributed by atoms with Gasteiger partial charge in [0.15, 0.2) is 0 Å². The van der Waals surface area contributed by atoms with Crippen molar-refractivity contribution < 1.29 is 22.9 Å². The molecule has 47 valence electrons. The van der Waals surface area contributed by atoms with Crippen molar-refractivity contribution in [1.29, 1.82) is 0 Å². The van der Waals surface area contributed by atoms with Gasteiger partial charge >= 0.3 is 0 Å². The van der Waals surface area contributed by atoms with Crippen LogP contribution in [-0.4, -0.2) is 0 Å². The summed E-state index contributed by atoms with van der Waals surface area (Å²) in [6.07, 6.45) is 0. The van der Waals surface area contributed by atoms with Crippen LogP contribution in [-0.2, 0) is 18.6 Å². The van der Waals surface area contributed by atoms with Crippen LogP contribution >= 0.6 is 0 Å². The number of halogens is 1. The summed E-state index contributed by atoms with van der Waals surface area (Å²) in [6.45, 7) is 0. The Morgan fingerprint density at radius 3 is 2.56 bits per heavy atom. The Balaban J connectivity index is 0.000000640. The predicted molar refractivity (Wildman–Crippen MR) is 29.6 cm³/mol. The third-order valence-electron chi connectivity index (χ3n) is 0.845. The number of anilines is 1. The topological polar surface area (TPSA) is 26.0 Å². The second-order valence-electron chi connectivity index (χ2n) is 1.45. The van der Waals surface area contributed by atoms with Crippen LogP contribution in [0.15, 0.2) is 18.2 Å². The molecule has 0 heterocycles. The number of nitrogen functional groups attached to an aromatic ring is 1. The summed E-state index contributed by atoms with van der Waals surface area (Å²) in [5, 5.41) is 0. The van der Waals surface area contributed by atoms with Crippen molar-refractivity contribution in [2.24, 2.45) is 0 Å². The van der Waals surface area contributed by atoms with E-state index >= 15 is 0 Å². The Bertz CT molecular complexity index is 169. The summed E-state index contributed by atoms with van der Waals surface area (Å²) >= 11 is 0. The van der Waals surface area contributed by atoms with Crippen LogP contribution in [0.5, 0.6) is 0 Å². The van der Waals surface area contributed by atoms with Gasteiger partial charge in [0.05, 0.1) is 0 Å². The Kier molecular flexibility index (Phi) is 3.36. The Labute approximate surface area is 64.9 Å². The third kappa shape index (κ3) is 2.08. The van der Waals surface area contributed by atoms with E-state index in [2.05, 4.69) is 6.07 Å². The first-order valence-corrected chi connectivity index (χ1v) is 2.22. The zero-order valence-corrected chi connectivity index (χ0v) is 6.03. The second-order valence-corrected chi connectivity index (χ2v) is 1.45. The molecule has 0 fully saturated rings. The minimum Gasteiger partial charge on any atom is -0.417 e. The molecule has 0 unspecified atom stereocenters. The largest absolute Gasteiger partial charge is 0.417 e. The van der Waals surface area contributed by atoms with Crippen LogP contribution in [0.3, 0.4) is 0 Å². The van der Waals surface area contributed by atoms with Gasteiger partial charge in [0.25, 0.3) is 0 Å². The van der Waals surface area contributed by atoms with Crippen molar-refractivity contribution in [3.05, 3.63) is 30.1 Å². The number of nitrogens with two attached hydrogens (primary N) is 1. The van der Waals surface area contributed by atoms with E-state index in [9.17, 15) is 4.39 Å². The first kappa shape index (κ1) is 8.53. The third-order valence-corrected chi connectivity index (χ3v) is 0.845. The first-order chi connectivity index (χ1) is 3.80. The Hall–Kier alpha value is -0.466. The van der Waals surface area contributed by atoms with E-state index in [0.717, 1.165) is 0 Å². The minimum atomic E-state index is -0.410. The van der Waals surface area contributed by atoms with Crippen LogP contribution in [0.4, 0.5) is 10.1 Å². The van der Waals surface area contributed by atoms with E-state index in [1.165, 1.54) is 12.1 Å². The Morgan fingerprint density at radius 1 is 1.56 bits per heavy atom. The molecule has 1 radical (unpaired) electrons. The van der Waals surface area contributed by atoms with E-state index in [0.29, 0.717) is 0 Å². The summed E-state index contributed by atoms with van der Waals surface area (Å²) in [4.78, 5) is 0. The number of benzene rings is 1. The molecule has 0 saturated heterocycles. The fraction of sp³-hybridized carbons (Fsp3) is 0. The van der Waals surface area contributed by atoms with Gasteiger partial charge in [0, 0.05) is 24.4 Å². The molecule has 9 heavy (non-hydrogen) atoms. The number of hydrogen-bond acceptors (Lipinski definition) is 1. The average molecular weight is 161 g/mol. The summed E-state index contributed by atoms with van der Waals surface area (Å²) < 4.78 is 12.2. The van der Waals surface area contributed by atoms with Gasteiger partial charge in [-0.05, 0) is 5.69 Å². The summed E-state index contributed by atoms with van der Waals surface area (Å²) in [6, 6.07) is 6.79. The predicted octanol–water partition coefficient (Wildman–Crippen LogP) is 1.21. The molecule has 0 aliphatic carbocycles. The molecule has 0 amide bonds. The molecule has 1 aromatic carbocycles. The molecule has 1 nitrogen and oxygen atoms in total. The maximum Gasteiger partial charge on any atom is 0.0307 e. The van der Waals surface area contributed by atoms with Crippen molar-refractivity contribution in [2.45, 2.75) is 0 Å². The summed E-state index contributed by atoms with van der Waals surface area (Å²) in [5.74, 6) is -0.410. The SMILES string of the molecule is Nc1cc[c-]cc1F.[V]. The Morgan fingerprint density at radius 2 is 2.22 bits per heavy atom. The maximum atomic E-state index is 12.2. The molecule has 0 bridgehead atoms. The van der Waals surface area contributed by atoms with Gasteiger partial charge in [-0.1, -0.05) is 0 Å². The molecular formula is C6H5FNV-. The van der Waals surface area contributed by atoms with Crippen molar-refractivity contribution in [3.63, 3.8) is 0 Å². The van der Waals surface area contributed by atoms with E-state index in [1.807, 2.05) is 0 Å². The molecule has 1 aromatic rings. The molecular weight excluding hydrogens is 156 g/mol. The van der Waals surface area contributed by atoms with E-state index in [4.69, 9.17) is 5.73 Å². The van der Waals surface area contributed by atoms with Crippen LogP contribution in [0.2, 0.25) is 0 Å². The van der Waals surface area contributed by atoms with Crippen LogP contribution in [0.1, 0.15) is 0 Å². The van der Waals surface area contributed by atoms with Gasteiger partial charge in [0.1, 0.15) is 0 Å². The summed E-state index contributed by atoms with van der Waals surface area (Å²) in [7, 11) is 0. The monoisotopic (exact) mass is 161 g/mol. The van der Waals surface area contributed by atoms with Crippen molar-refractivity contribution in [1.82, 2.24) is 0 Å². The number of rotatable bonds is 0. The molecule has 1 rings (SSSR count). The van der Waals surface area contributed by atoms with Gasteiger partial charge in [0.2, 0.25) is 0 Å². The fourth-order valence-electron chi connectivity index (χ4n) is 0.422. The fourth-order valence-corrected chi connectivity index (χ4v) is 0.422. The zero-order chi connectivity index (χ0) is 5.98. The molecule has 2 N–H and O–H groups in total. The quantitative estimate of drug-likeness (QED) is 0.449. The molecule has 0 atom stereocenters. The van der Waals surface area contributed by atoms with E-state index in [-0.39, 0.29) is 24.2 Å². The normalized spacial score (nSPS) is 8.11. The van der Waals surface area contributed by atoms with Gasteiger partial charge < -0.3 is 5.73 Å². The van der Waals surface area contributed by atoms with Gasteiger partial charge in [-0.15, -0.1) is 12.1 Å². The zero-order valence-electron chi connectivity index (χ0n) is 4.63. The van der Waals surface area contributed by atoms with E-state index < -0.39 is 5.82 Å². The summed E-state index contributed by atoms with van der Waals surface area (Å²) in [5.41, 5.74) is 5.29. The minimum absolute atomic E-state index is 0. The van der Waals surface area contributed by atoms with Crippen molar-refractivity contribution in [2.75, 3.05) is 5.73 Å². The molecule has 3 heteroatoms. The molecule has 0 spiro atoms. The van der Waals surface area contributed by atoms with Crippen molar-refractivity contribution in [3.8, 4) is 0 Å². The second kappa shape index (κ2) is 3.54. The average Bonchev–Trinajstić information content (AvgIpc) is 1.77. The molecule has 0 aromatic heterocycles. The molecule has 0 aliphatic rings. The standard InChI is InChI=1S/C6H5FN.V/c7-5-3-1-2-4-6(5)8;/h2-4H,8H2;/q-1;. The van der Waals surface area contributed by atoms with Crippen LogP contribution in [0, 0.1) is 11.9 Å². The van der Waals surface area contributed by atoms with Crippen molar-refractivity contribution >= 4 is 5.69 Å². The first-order valence-electron chi connectivity index (χ1n) is 2.22. The van der Waals surface area contributed by atoms with Gasteiger partial charge in [-0.25, -0.2) is 0 Å². The smallest absolute Gasteiger partial charge is 0.0307 e. The van der Waals surface area contributed by atoms with Crippen LogP contribution < -0.4 is 5.73 Å². The number of hydrogen-bond donors (Lipinski definition) is 1.